The van der Waals surface area contributed by atoms with Crippen LogP contribution in [-0.4, -0.2) is 26.9 Å². The van der Waals surface area contributed by atoms with Crippen molar-refractivity contribution in [1.82, 2.24) is 14.8 Å². The molecule has 2 heterocycles. The molecule has 0 aliphatic carbocycles. The fourth-order valence-corrected chi connectivity index (χ4v) is 3.07. The van der Waals surface area contributed by atoms with Gasteiger partial charge in [0.15, 0.2) is 11.5 Å². The molecule has 0 atom stereocenters. The molecule has 2 aromatic heterocycles. The Hall–Kier alpha value is -2.78. The van der Waals surface area contributed by atoms with Crippen LogP contribution in [0.25, 0.3) is 27.8 Å². The van der Waals surface area contributed by atoms with E-state index in [4.69, 9.17) is 36.4 Å². The number of amides is 1. The third-order valence-corrected chi connectivity index (χ3v) is 4.61. The van der Waals surface area contributed by atoms with Crippen molar-refractivity contribution in [2.75, 3.05) is 0 Å². The van der Waals surface area contributed by atoms with Gasteiger partial charge in [0.05, 0.1) is 10.7 Å². The molecule has 0 aliphatic heterocycles. The van der Waals surface area contributed by atoms with Gasteiger partial charge in [-0.25, -0.2) is 15.9 Å². The Morgan fingerprint density at radius 2 is 1.57 bits per heavy atom. The van der Waals surface area contributed by atoms with Gasteiger partial charge in [-0.05, 0) is 18.2 Å². The second-order valence-corrected chi connectivity index (χ2v) is 9.64. The van der Waals surface area contributed by atoms with Crippen molar-refractivity contribution in [3.05, 3.63) is 106 Å². The first kappa shape index (κ1) is 30.4. The van der Waals surface area contributed by atoms with E-state index < -0.39 is 17.8 Å². The molecule has 4 rings (SSSR count). The summed E-state index contributed by atoms with van der Waals surface area (Å²) >= 11 is 5.90. The van der Waals surface area contributed by atoms with Crippen LogP contribution >= 0.6 is 31.0 Å². The molecular formula is C24H17Cl3F3N5ORh-2. The average Bonchev–Trinajstić information content (AvgIpc) is 3.33. The van der Waals surface area contributed by atoms with Crippen LogP contribution in [0.5, 0.6) is 0 Å². The number of hydrogen-bond donors (Lipinski definition) is 0. The van der Waals surface area contributed by atoms with E-state index in [-0.39, 0.29) is 37.4 Å². The second-order valence-electron chi connectivity index (χ2n) is 6.75. The Morgan fingerprint density at radius 1 is 1.03 bits per heavy atom. The number of carbonyl (C=O) groups is 1. The zero-order valence-corrected chi connectivity index (χ0v) is 22.7. The number of carbonyl (C=O) groups excluding carboxylic acids is 1. The number of pyridine rings is 1. The van der Waals surface area contributed by atoms with E-state index >= 15 is 0 Å². The first-order valence-corrected chi connectivity index (χ1v) is 14.7. The Kier molecular flexibility index (Phi) is 12.2. The molecule has 0 radical (unpaired) electrons. The van der Waals surface area contributed by atoms with Crippen molar-refractivity contribution in [3.8, 4) is 17.1 Å². The molecular weight excluding hydrogens is 641 g/mol. The van der Waals surface area contributed by atoms with Gasteiger partial charge in [-0.15, -0.1) is 5.69 Å². The van der Waals surface area contributed by atoms with E-state index in [1.165, 1.54) is 12.1 Å². The molecule has 0 saturated carbocycles. The number of rotatable bonds is 4. The molecule has 2 aromatic carbocycles. The summed E-state index contributed by atoms with van der Waals surface area (Å²) in [5.74, 6) is -0.715. The van der Waals surface area contributed by atoms with Gasteiger partial charge in [-0.3, -0.25) is 0 Å². The zero-order chi connectivity index (χ0) is 27.4. The summed E-state index contributed by atoms with van der Waals surface area (Å²) in [5, 5.41) is 15.1. The van der Waals surface area contributed by atoms with Crippen molar-refractivity contribution < 1.29 is 33.1 Å². The monoisotopic (exact) mass is 656 g/mol. The molecule has 0 unspecified atom stereocenters. The van der Waals surface area contributed by atoms with Crippen molar-refractivity contribution in [1.29, 1.82) is 0 Å². The summed E-state index contributed by atoms with van der Waals surface area (Å²) < 4.78 is 41.1. The topological polar surface area (TPSA) is 84.2 Å². The third-order valence-electron chi connectivity index (χ3n) is 4.31. The van der Waals surface area contributed by atoms with Crippen LogP contribution in [0.4, 0.5) is 18.9 Å². The van der Waals surface area contributed by atoms with Crippen LogP contribution in [0.1, 0.15) is 23.1 Å². The number of nitrogens with zero attached hydrogens (tertiary/aromatic N) is 5. The zero-order valence-electron chi connectivity index (χ0n) is 18.8. The van der Waals surface area contributed by atoms with Crippen LogP contribution in [0.15, 0.2) is 78.9 Å². The molecule has 0 bridgehead atoms. The maximum atomic E-state index is 13.3. The van der Waals surface area contributed by atoms with E-state index in [1.807, 2.05) is 0 Å². The van der Waals surface area contributed by atoms with Gasteiger partial charge in [-0.2, -0.15) is 18.3 Å². The van der Waals surface area contributed by atoms with Crippen LogP contribution < -0.4 is 0 Å². The normalized spacial score (nSPS) is 10.5. The van der Waals surface area contributed by atoms with E-state index in [2.05, 4.69) is 15.4 Å². The number of hydrogen-bond acceptors (Lipinski definition) is 3. The Labute approximate surface area is 232 Å². The number of aromatic nitrogens is 3. The van der Waals surface area contributed by atoms with Gasteiger partial charge in [0.1, 0.15) is 11.6 Å². The van der Waals surface area contributed by atoms with Gasteiger partial charge >= 0.3 is 40.7 Å². The van der Waals surface area contributed by atoms with Crippen molar-refractivity contribution in [2.24, 2.45) is 0 Å². The standard InChI is InChI=1S/C22H14ClF3N4O.C2H4N.2ClH.Rh/c23-16-11-12-19(28-20(16)21(31)27-15-9-5-2-6-10-15)30-17(14-7-3-1-4-8-14)13-18(29-30)22(24,25)26;1-2-3;;;/h1-13H,(H,27,31);2H,1H3;2*1H;/q;-1;;;+2/p-3. The fourth-order valence-electron chi connectivity index (χ4n) is 2.88. The number of benzene rings is 2. The number of alkyl halides is 3. The Balaban J connectivity index is 0.000000733. The van der Waals surface area contributed by atoms with Crippen molar-refractivity contribution >= 4 is 48.8 Å². The van der Waals surface area contributed by atoms with Gasteiger partial charge in [-0.1, -0.05) is 79.2 Å². The van der Waals surface area contributed by atoms with Crippen molar-refractivity contribution in [3.63, 3.8) is 0 Å². The summed E-state index contributed by atoms with van der Waals surface area (Å²) in [6.07, 6.45) is -3.65. The van der Waals surface area contributed by atoms with Crippen LogP contribution in [-0.2, 0) is 21.3 Å². The van der Waals surface area contributed by atoms with E-state index in [0.717, 1.165) is 17.0 Å². The number of para-hydroxylation sites is 1. The van der Waals surface area contributed by atoms with E-state index in [1.54, 1.807) is 67.6 Å². The molecule has 197 valence electrons. The van der Waals surface area contributed by atoms with Gasteiger partial charge in [0, 0.05) is 5.56 Å². The van der Waals surface area contributed by atoms with Crippen LogP contribution in [0, 0.1) is 0 Å². The molecule has 0 aliphatic rings. The fraction of sp³-hybridized carbons (Fsp3) is 0.0833. The number of halogens is 6. The predicted octanol–water partition coefficient (Wildman–Crippen LogP) is 8.48. The summed E-state index contributed by atoms with van der Waals surface area (Å²) in [6.45, 7) is 1.56. The molecule has 4 aromatic rings. The Morgan fingerprint density at radius 3 is 2.11 bits per heavy atom. The first-order valence-electron chi connectivity index (χ1n) is 10.1. The van der Waals surface area contributed by atoms with Gasteiger partial charge in [0.25, 0.3) is 0 Å². The van der Waals surface area contributed by atoms with Crippen LogP contribution in [0.3, 0.4) is 0 Å². The average molecular weight is 658 g/mol. The molecule has 0 N–H and O–H groups in total. The first-order chi connectivity index (χ1) is 17.7. The molecule has 0 fully saturated rings. The SMILES string of the molecule is CC=[N-].O=C([N-]c1ccccc1)c1nc(-n2nc(C(F)(F)F)cc2-c2ccccc2)ccc1Cl.[Cl][Rh][Cl]. The molecule has 0 saturated heterocycles. The third kappa shape index (κ3) is 8.93. The predicted molar refractivity (Wildman–Crippen MR) is 137 cm³/mol. The quantitative estimate of drug-likeness (QED) is 0.163. The van der Waals surface area contributed by atoms with E-state index in [0.29, 0.717) is 11.3 Å². The molecule has 1 amide bonds. The Bertz CT molecular complexity index is 1310. The minimum absolute atomic E-state index is 0.00497. The maximum absolute atomic E-state index is 13.3. The van der Waals surface area contributed by atoms with Crippen LogP contribution in [0.2, 0.25) is 5.02 Å². The summed E-state index contributed by atoms with van der Waals surface area (Å²) in [6, 6.07) is 20.6. The summed E-state index contributed by atoms with van der Waals surface area (Å²) in [5.41, 5.74) is -0.194. The molecule has 13 heteroatoms. The molecule has 6 nitrogen and oxygen atoms in total. The molecule has 37 heavy (non-hydrogen) atoms. The van der Waals surface area contributed by atoms with Gasteiger partial charge < -0.3 is 15.5 Å². The second kappa shape index (κ2) is 14.8. The van der Waals surface area contributed by atoms with Crippen molar-refractivity contribution in [2.45, 2.75) is 13.1 Å². The molecule has 0 spiro atoms. The minimum atomic E-state index is -4.65. The van der Waals surface area contributed by atoms with Gasteiger partial charge in [0.2, 0.25) is 0 Å². The van der Waals surface area contributed by atoms with E-state index in [9.17, 15) is 18.0 Å². The summed E-state index contributed by atoms with van der Waals surface area (Å²) in [7, 11) is 9.67. The summed E-state index contributed by atoms with van der Waals surface area (Å²) in [4.78, 5) is 16.8.